The van der Waals surface area contributed by atoms with E-state index in [0.717, 1.165) is 24.8 Å². The number of hydrogen-bond acceptors (Lipinski definition) is 5. The summed E-state index contributed by atoms with van der Waals surface area (Å²) in [7, 11) is -2.13. The molecule has 0 atom stereocenters. The molecule has 2 aromatic rings. The third kappa shape index (κ3) is 5.86. The minimum Gasteiger partial charge on any atom is -0.497 e. The molecule has 1 saturated heterocycles. The second-order valence-corrected chi connectivity index (χ2v) is 9.06. The lowest BCUT2D eigenvalue weighted by Gasteiger charge is -2.26. The van der Waals surface area contributed by atoms with Gasteiger partial charge in [0.15, 0.2) is 0 Å². The molecule has 166 valence electrons. The summed E-state index contributed by atoms with van der Waals surface area (Å²) in [6.45, 7) is 3.13. The molecule has 0 unspecified atom stereocenters. The van der Waals surface area contributed by atoms with Crippen molar-refractivity contribution in [2.24, 2.45) is 0 Å². The SMILES string of the molecule is CCOc1ccc(NC(=O)/C=C/c2cccc(OC)c2)cc1S(=O)(=O)N1CCCCC1. The summed E-state index contributed by atoms with van der Waals surface area (Å²) in [6.07, 6.45) is 5.77. The first kappa shape index (κ1) is 22.8. The minimum absolute atomic E-state index is 0.0748. The number of methoxy groups -OCH3 is 1. The van der Waals surface area contributed by atoms with Gasteiger partial charge in [0, 0.05) is 24.9 Å². The van der Waals surface area contributed by atoms with Gasteiger partial charge in [0.05, 0.1) is 13.7 Å². The van der Waals surface area contributed by atoms with E-state index in [-0.39, 0.29) is 16.6 Å². The van der Waals surface area contributed by atoms with Crippen LogP contribution < -0.4 is 14.8 Å². The first-order valence-electron chi connectivity index (χ1n) is 10.3. The molecule has 0 bridgehead atoms. The Balaban J connectivity index is 1.80. The second-order valence-electron chi connectivity index (χ2n) is 7.16. The highest BCUT2D eigenvalue weighted by Crippen LogP contribution is 2.31. The topological polar surface area (TPSA) is 84.9 Å². The van der Waals surface area contributed by atoms with Crippen LogP contribution in [0.3, 0.4) is 0 Å². The summed E-state index contributed by atoms with van der Waals surface area (Å²) >= 11 is 0. The number of sulfonamides is 1. The molecule has 7 nitrogen and oxygen atoms in total. The molecule has 1 aliphatic rings. The molecule has 0 spiro atoms. The first-order valence-corrected chi connectivity index (χ1v) is 11.8. The number of piperidine rings is 1. The maximum atomic E-state index is 13.2. The highest BCUT2D eigenvalue weighted by Gasteiger charge is 2.29. The van der Waals surface area contributed by atoms with Crippen LogP contribution in [-0.2, 0) is 14.8 Å². The van der Waals surface area contributed by atoms with Gasteiger partial charge in [-0.25, -0.2) is 8.42 Å². The second kappa shape index (κ2) is 10.5. The summed E-state index contributed by atoms with van der Waals surface area (Å²) in [6, 6.07) is 12.0. The Morgan fingerprint density at radius 1 is 1.13 bits per heavy atom. The lowest BCUT2D eigenvalue weighted by atomic mass is 10.2. The Hall–Kier alpha value is -2.84. The average molecular weight is 445 g/mol. The van der Waals surface area contributed by atoms with Crippen molar-refractivity contribution in [3.05, 3.63) is 54.1 Å². The standard InChI is InChI=1S/C23H28N2O5S/c1-3-30-21-12-11-19(17-22(21)31(27,28)25-14-5-4-6-15-25)24-23(26)13-10-18-8-7-9-20(16-18)29-2/h7-13,16-17H,3-6,14-15H2,1-2H3,(H,24,26)/b13-10+. The smallest absolute Gasteiger partial charge is 0.248 e. The predicted molar refractivity (Wildman–Crippen MR) is 121 cm³/mol. The van der Waals surface area contributed by atoms with E-state index in [1.807, 2.05) is 24.3 Å². The molecule has 0 saturated carbocycles. The van der Waals surface area contributed by atoms with E-state index in [4.69, 9.17) is 9.47 Å². The fraction of sp³-hybridized carbons (Fsp3) is 0.348. The molecule has 1 amide bonds. The van der Waals surface area contributed by atoms with Crippen molar-refractivity contribution in [1.82, 2.24) is 4.31 Å². The number of nitrogens with one attached hydrogen (secondary N) is 1. The van der Waals surface area contributed by atoms with Gasteiger partial charge < -0.3 is 14.8 Å². The van der Waals surface area contributed by atoms with Crippen molar-refractivity contribution < 1.29 is 22.7 Å². The molecule has 31 heavy (non-hydrogen) atoms. The van der Waals surface area contributed by atoms with Gasteiger partial charge in [-0.15, -0.1) is 0 Å². The monoisotopic (exact) mass is 444 g/mol. The molecule has 0 aromatic heterocycles. The number of nitrogens with zero attached hydrogens (tertiary/aromatic N) is 1. The van der Waals surface area contributed by atoms with Crippen LogP contribution in [0.5, 0.6) is 11.5 Å². The zero-order valence-corrected chi connectivity index (χ0v) is 18.7. The van der Waals surface area contributed by atoms with Crippen LogP contribution in [0.1, 0.15) is 31.7 Å². The number of carbonyl (C=O) groups excluding carboxylic acids is 1. The summed E-state index contributed by atoms with van der Waals surface area (Å²) in [5, 5.41) is 2.73. The minimum atomic E-state index is -3.71. The lowest BCUT2D eigenvalue weighted by Crippen LogP contribution is -2.35. The highest BCUT2D eigenvalue weighted by atomic mass is 32.2. The Labute approximate surface area is 183 Å². The van der Waals surface area contributed by atoms with E-state index >= 15 is 0 Å². The summed E-state index contributed by atoms with van der Waals surface area (Å²) in [4.78, 5) is 12.5. The first-order chi connectivity index (χ1) is 14.9. The van der Waals surface area contributed by atoms with Gasteiger partial charge in [0.1, 0.15) is 16.4 Å². The maximum Gasteiger partial charge on any atom is 0.248 e. The molecular weight excluding hydrogens is 416 g/mol. The van der Waals surface area contributed by atoms with E-state index in [1.54, 1.807) is 32.2 Å². The van der Waals surface area contributed by atoms with Gasteiger partial charge in [-0.05, 0) is 61.7 Å². The van der Waals surface area contributed by atoms with E-state index in [2.05, 4.69) is 5.32 Å². The summed E-state index contributed by atoms with van der Waals surface area (Å²) in [5.74, 6) is 0.618. The molecule has 1 heterocycles. The van der Waals surface area contributed by atoms with Gasteiger partial charge in [-0.1, -0.05) is 18.6 Å². The van der Waals surface area contributed by atoms with Crippen molar-refractivity contribution in [3.63, 3.8) is 0 Å². The fourth-order valence-corrected chi connectivity index (χ4v) is 5.08. The van der Waals surface area contributed by atoms with E-state index < -0.39 is 10.0 Å². The van der Waals surface area contributed by atoms with Gasteiger partial charge in [0.2, 0.25) is 15.9 Å². The molecule has 8 heteroatoms. The zero-order chi connectivity index (χ0) is 22.3. The number of amides is 1. The molecule has 2 aromatic carbocycles. The fourth-order valence-electron chi connectivity index (χ4n) is 3.41. The van der Waals surface area contributed by atoms with Crippen molar-refractivity contribution >= 4 is 27.7 Å². The van der Waals surface area contributed by atoms with Gasteiger partial charge in [-0.2, -0.15) is 4.31 Å². The van der Waals surface area contributed by atoms with Crippen LogP contribution in [0.25, 0.3) is 6.08 Å². The highest BCUT2D eigenvalue weighted by molar-refractivity contribution is 7.89. The molecular formula is C23H28N2O5S. The van der Waals surface area contributed by atoms with Crippen molar-refractivity contribution in [3.8, 4) is 11.5 Å². The average Bonchev–Trinajstić information content (AvgIpc) is 2.79. The Morgan fingerprint density at radius 2 is 1.90 bits per heavy atom. The van der Waals surface area contributed by atoms with Crippen molar-refractivity contribution in [2.45, 2.75) is 31.1 Å². The molecule has 0 radical (unpaired) electrons. The number of anilines is 1. The lowest BCUT2D eigenvalue weighted by molar-refractivity contribution is -0.111. The number of carbonyl (C=O) groups is 1. The predicted octanol–water partition coefficient (Wildman–Crippen LogP) is 3.92. The van der Waals surface area contributed by atoms with Gasteiger partial charge in [0.25, 0.3) is 0 Å². The largest absolute Gasteiger partial charge is 0.497 e. The molecule has 1 N–H and O–H groups in total. The number of hydrogen-bond donors (Lipinski definition) is 1. The Kier molecular flexibility index (Phi) is 7.70. The number of rotatable bonds is 8. The Bertz CT molecular complexity index is 1040. The van der Waals surface area contributed by atoms with Crippen LogP contribution in [0.4, 0.5) is 5.69 Å². The van der Waals surface area contributed by atoms with Crippen LogP contribution in [0, 0.1) is 0 Å². The number of ether oxygens (including phenoxy) is 2. The van der Waals surface area contributed by atoms with Crippen molar-refractivity contribution in [2.75, 3.05) is 32.1 Å². The molecule has 1 aliphatic heterocycles. The maximum absolute atomic E-state index is 13.2. The quantitative estimate of drug-likeness (QED) is 0.624. The molecule has 1 fully saturated rings. The van der Waals surface area contributed by atoms with Gasteiger partial charge in [-0.3, -0.25) is 4.79 Å². The van der Waals surface area contributed by atoms with Gasteiger partial charge >= 0.3 is 0 Å². The zero-order valence-electron chi connectivity index (χ0n) is 17.8. The molecule has 3 rings (SSSR count). The number of benzene rings is 2. The van der Waals surface area contributed by atoms with Crippen LogP contribution >= 0.6 is 0 Å². The van der Waals surface area contributed by atoms with Crippen LogP contribution in [0.15, 0.2) is 53.4 Å². The van der Waals surface area contributed by atoms with Crippen molar-refractivity contribution in [1.29, 1.82) is 0 Å². The third-order valence-electron chi connectivity index (χ3n) is 4.96. The summed E-state index contributed by atoms with van der Waals surface area (Å²) in [5.41, 5.74) is 1.20. The van der Waals surface area contributed by atoms with E-state index in [9.17, 15) is 13.2 Å². The van der Waals surface area contributed by atoms with E-state index in [1.165, 1.54) is 16.4 Å². The van der Waals surface area contributed by atoms with E-state index in [0.29, 0.717) is 31.1 Å². The Morgan fingerprint density at radius 3 is 2.61 bits per heavy atom. The summed E-state index contributed by atoms with van der Waals surface area (Å²) < 4.78 is 38.6. The normalized spacial score (nSPS) is 15.0. The van der Waals surface area contributed by atoms with Crippen LogP contribution in [0.2, 0.25) is 0 Å². The molecule has 0 aliphatic carbocycles. The third-order valence-corrected chi connectivity index (χ3v) is 6.88. The van der Waals surface area contributed by atoms with Crippen LogP contribution in [-0.4, -0.2) is 45.4 Å².